The van der Waals surface area contributed by atoms with E-state index < -0.39 is 0 Å². The average molecular weight is 225 g/mol. The molecule has 2 heterocycles. The van der Waals surface area contributed by atoms with Gasteiger partial charge in [0, 0.05) is 25.7 Å². The smallest absolute Gasteiger partial charge is 0.234 e. The molecule has 0 aliphatic carbocycles. The molecule has 0 atom stereocenters. The monoisotopic (exact) mass is 225 g/mol. The average Bonchev–Trinajstić information content (AvgIpc) is 2.80. The van der Waals surface area contributed by atoms with Gasteiger partial charge < -0.3 is 15.0 Å². The van der Waals surface area contributed by atoms with Crippen molar-refractivity contribution in [2.75, 3.05) is 19.8 Å². The molecule has 1 saturated heterocycles. The van der Waals surface area contributed by atoms with Gasteiger partial charge in [0.25, 0.3) is 0 Å². The fraction of sp³-hybridized carbons (Fsp3) is 0.818. The zero-order chi connectivity index (χ0) is 11.6. The molecule has 1 aromatic heterocycles. The van der Waals surface area contributed by atoms with Gasteiger partial charge in [-0.2, -0.15) is 4.98 Å². The lowest BCUT2D eigenvalue weighted by atomic mass is 9.80. The van der Waals surface area contributed by atoms with Crippen molar-refractivity contribution in [3.63, 3.8) is 0 Å². The highest BCUT2D eigenvalue weighted by atomic mass is 16.5. The van der Waals surface area contributed by atoms with E-state index >= 15 is 0 Å². The fourth-order valence-corrected chi connectivity index (χ4v) is 1.95. The second-order valence-electron chi connectivity index (χ2n) is 4.71. The molecule has 1 aliphatic rings. The van der Waals surface area contributed by atoms with Crippen molar-refractivity contribution >= 4 is 0 Å². The Balaban J connectivity index is 2.25. The molecule has 1 fully saturated rings. The Morgan fingerprint density at radius 3 is 2.56 bits per heavy atom. The van der Waals surface area contributed by atoms with Gasteiger partial charge in [0.15, 0.2) is 5.82 Å². The Labute approximate surface area is 95.3 Å². The molecule has 2 rings (SSSR count). The van der Waals surface area contributed by atoms with Crippen LogP contribution < -0.4 is 5.73 Å². The lowest BCUT2D eigenvalue weighted by Crippen LogP contribution is -2.40. The topological polar surface area (TPSA) is 74.2 Å². The second kappa shape index (κ2) is 4.51. The van der Waals surface area contributed by atoms with E-state index in [1.165, 1.54) is 0 Å². The number of aromatic nitrogens is 2. The molecule has 0 bridgehead atoms. The molecule has 0 radical (unpaired) electrons. The molecule has 5 nitrogen and oxygen atoms in total. The van der Waals surface area contributed by atoms with Crippen LogP contribution in [0.5, 0.6) is 0 Å². The normalized spacial score (nSPS) is 20.2. The van der Waals surface area contributed by atoms with Crippen LogP contribution in [0.15, 0.2) is 4.52 Å². The van der Waals surface area contributed by atoms with Crippen LogP contribution in [0.1, 0.15) is 44.3 Å². The van der Waals surface area contributed by atoms with E-state index in [4.69, 9.17) is 15.0 Å². The van der Waals surface area contributed by atoms with E-state index in [2.05, 4.69) is 10.1 Å². The molecular weight excluding hydrogens is 206 g/mol. The number of hydrogen-bond donors (Lipinski definition) is 1. The molecule has 0 spiro atoms. The predicted molar refractivity (Wildman–Crippen MR) is 59.2 cm³/mol. The molecular formula is C11H19N3O2. The highest BCUT2D eigenvalue weighted by molar-refractivity contribution is 5.08. The van der Waals surface area contributed by atoms with Gasteiger partial charge in [-0.15, -0.1) is 0 Å². The highest BCUT2D eigenvalue weighted by Gasteiger charge is 2.38. The number of nitrogens with two attached hydrogens (primary N) is 1. The summed E-state index contributed by atoms with van der Waals surface area (Å²) in [6, 6.07) is 0. The van der Waals surface area contributed by atoms with E-state index in [1.54, 1.807) is 0 Å². The largest absolute Gasteiger partial charge is 0.381 e. The third kappa shape index (κ3) is 1.97. The van der Waals surface area contributed by atoms with Gasteiger partial charge in [0.05, 0.1) is 5.41 Å². The van der Waals surface area contributed by atoms with Crippen molar-refractivity contribution in [3.8, 4) is 0 Å². The summed E-state index contributed by atoms with van der Waals surface area (Å²) in [5, 5.41) is 4.00. The number of nitrogens with zero attached hydrogens (tertiary/aromatic N) is 2. The van der Waals surface area contributed by atoms with Gasteiger partial charge in [-0.1, -0.05) is 19.0 Å². The summed E-state index contributed by atoms with van der Waals surface area (Å²) >= 11 is 0. The summed E-state index contributed by atoms with van der Waals surface area (Å²) in [5.41, 5.74) is 5.70. The van der Waals surface area contributed by atoms with Crippen LogP contribution in [-0.4, -0.2) is 29.9 Å². The first-order valence-corrected chi connectivity index (χ1v) is 5.80. The van der Waals surface area contributed by atoms with Gasteiger partial charge >= 0.3 is 0 Å². The van der Waals surface area contributed by atoms with Crippen molar-refractivity contribution < 1.29 is 9.26 Å². The maximum absolute atomic E-state index is 5.87. The van der Waals surface area contributed by atoms with Crippen molar-refractivity contribution in [2.45, 2.75) is 38.0 Å². The second-order valence-corrected chi connectivity index (χ2v) is 4.71. The molecule has 0 unspecified atom stereocenters. The van der Waals surface area contributed by atoms with Crippen LogP contribution in [0.2, 0.25) is 0 Å². The van der Waals surface area contributed by atoms with Gasteiger partial charge in [-0.3, -0.25) is 0 Å². The zero-order valence-corrected chi connectivity index (χ0v) is 9.90. The molecule has 2 N–H and O–H groups in total. The maximum Gasteiger partial charge on any atom is 0.234 e. The molecule has 90 valence electrons. The predicted octanol–water partition coefficient (Wildman–Crippen LogP) is 1.20. The van der Waals surface area contributed by atoms with E-state index in [0.29, 0.717) is 12.4 Å². The van der Waals surface area contributed by atoms with Crippen LogP contribution in [0.4, 0.5) is 0 Å². The standard InChI is InChI=1S/C11H19N3O2/c1-8(2)9-13-10(16-14-9)11(7-12)3-5-15-6-4-11/h8H,3-7,12H2,1-2H3. The molecule has 0 amide bonds. The zero-order valence-electron chi connectivity index (χ0n) is 9.90. The summed E-state index contributed by atoms with van der Waals surface area (Å²) in [4.78, 5) is 4.46. The highest BCUT2D eigenvalue weighted by Crippen LogP contribution is 2.33. The van der Waals surface area contributed by atoms with Crippen molar-refractivity contribution in [3.05, 3.63) is 11.7 Å². The van der Waals surface area contributed by atoms with E-state index in [9.17, 15) is 0 Å². The van der Waals surface area contributed by atoms with Crippen LogP contribution >= 0.6 is 0 Å². The maximum atomic E-state index is 5.87. The van der Waals surface area contributed by atoms with Crippen molar-refractivity contribution in [2.24, 2.45) is 5.73 Å². The molecule has 16 heavy (non-hydrogen) atoms. The van der Waals surface area contributed by atoms with Crippen molar-refractivity contribution in [1.82, 2.24) is 10.1 Å². The van der Waals surface area contributed by atoms with Gasteiger partial charge in [-0.05, 0) is 12.8 Å². The summed E-state index contributed by atoms with van der Waals surface area (Å²) in [7, 11) is 0. The molecule has 1 aliphatic heterocycles. The van der Waals surface area contributed by atoms with Crippen LogP contribution in [-0.2, 0) is 10.2 Å². The first kappa shape index (κ1) is 11.5. The Kier molecular flexibility index (Phi) is 3.25. The molecule has 5 heteroatoms. The lowest BCUT2D eigenvalue weighted by Gasteiger charge is -2.32. The quantitative estimate of drug-likeness (QED) is 0.836. The van der Waals surface area contributed by atoms with E-state index in [1.807, 2.05) is 13.8 Å². The third-order valence-corrected chi connectivity index (χ3v) is 3.25. The fourth-order valence-electron chi connectivity index (χ4n) is 1.95. The first-order chi connectivity index (χ1) is 7.68. The first-order valence-electron chi connectivity index (χ1n) is 5.80. The minimum absolute atomic E-state index is 0.168. The van der Waals surface area contributed by atoms with Gasteiger partial charge in [-0.25, -0.2) is 0 Å². The number of rotatable bonds is 3. The van der Waals surface area contributed by atoms with E-state index in [0.717, 1.165) is 31.9 Å². The summed E-state index contributed by atoms with van der Waals surface area (Å²) in [6.07, 6.45) is 1.73. The minimum atomic E-state index is -0.168. The lowest BCUT2D eigenvalue weighted by molar-refractivity contribution is 0.0409. The third-order valence-electron chi connectivity index (χ3n) is 3.25. The SMILES string of the molecule is CC(C)c1noc(C2(CN)CCOCC2)n1. The number of ether oxygens (including phenoxy) is 1. The van der Waals surface area contributed by atoms with Crippen LogP contribution in [0.3, 0.4) is 0 Å². The van der Waals surface area contributed by atoms with Crippen LogP contribution in [0, 0.1) is 0 Å². The van der Waals surface area contributed by atoms with Gasteiger partial charge in [0.2, 0.25) is 5.89 Å². The summed E-state index contributed by atoms with van der Waals surface area (Å²) in [6.45, 7) is 6.07. The number of hydrogen-bond acceptors (Lipinski definition) is 5. The minimum Gasteiger partial charge on any atom is -0.381 e. The Morgan fingerprint density at radius 1 is 1.38 bits per heavy atom. The molecule has 1 aromatic rings. The summed E-state index contributed by atoms with van der Waals surface area (Å²) in [5.74, 6) is 1.73. The van der Waals surface area contributed by atoms with Gasteiger partial charge in [0.1, 0.15) is 0 Å². The Morgan fingerprint density at radius 2 is 2.06 bits per heavy atom. The van der Waals surface area contributed by atoms with Crippen LogP contribution in [0.25, 0.3) is 0 Å². The Bertz CT molecular complexity index is 343. The molecule has 0 aromatic carbocycles. The van der Waals surface area contributed by atoms with Crippen molar-refractivity contribution in [1.29, 1.82) is 0 Å². The van der Waals surface area contributed by atoms with E-state index in [-0.39, 0.29) is 11.3 Å². The summed E-state index contributed by atoms with van der Waals surface area (Å²) < 4.78 is 10.7. The Hall–Kier alpha value is -0.940. The molecule has 0 saturated carbocycles.